The van der Waals surface area contributed by atoms with Crippen LogP contribution in [0.1, 0.15) is 6.92 Å². The van der Waals surface area contributed by atoms with E-state index in [0.717, 1.165) is 16.8 Å². The number of hydrogen-bond acceptors (Lipinski definition) is 4. The summed E-state index contributed by atoms with van der Waals surface area (Å²) >= 11 is 5.97. The maximum Gasteiger partial charge on any atom is 0.243 e. The van der Waals surface area contributed by atoms with Crippen molar-refractivity contribution in [3.05, 3.63) is 83.9 Å². The van der Waals surface area contributed by atoms with Crippen LogP contribution in [0, 0.1) is 0 Å². The Labute approximate surface area is 199 Å². The third-order valence-corrected chi connectivity index (χ3v) is 8.03. The Morgan fingerprint density at radius 2 is 1.58 bits per heavy atom. The van der Waals surface area contributed by atoms with Crippen LogP contribution in [0.4, 0.5) is 5.69 Å². The van der Waals surface area contributed by atoms with Crippen LogP contribution in [-0.2, 0) is 14.8 Å². The maximum atomic E-state index is 13.0. The molecule has 8 heteroatoms. The highest BCUT2D eigenvalue weighted by molar-refractivity contribution is 7.89. The standard InChI is InChI=1S/C25H26ClN3O3S/c1-19(25(30)27-24-13-6-5-12-23(24)20-8-3-2-4-9-20)28-14-16-29(17-15-28)33(31,32)22-11-7-10-21(26)18-22/h2-13,18-19H,14-17H2,1H3,(H,27,30)/t19-/m1/s1. The minimum Gasteiger partial charge on any atom is -0.324 e. The van der Waals surface area contributed by atoms with Gasteiger partial charge in [0, 0.05) is 42.5 Å². The lowest BCUT2D eigenvalue weighted by molar-refractivity contribution is -0.121. The van der Waals surface area contributed by atoms with Crippen molar-refractivity contribution in [2.24, 2.45) is 0 Å². The van der Waals surface area contributed by atoms with Crippen molar-refractivity contribution in [3.63, 3.8) is 0 Å². The highest BCUT2D eigenvalue weighted by atomic mass is 35.5. The number of anilines is 1. The molecule has 1 aliphatic rings. The average Bonchev–Trinajstić information content (AvgIpc) is 2.84. The Kier molecular flexibility index (Phi) is 7.14. The molecule has 0 bridgehead atoms. The second-order valence-electron chi connectivity index (χ2n) is 7.97. The van der Waals surface area contributed by atoms with E-state index in [1.807, 2.05) is 66.4 Å². The zero-order chi connectivity index (χ0) is 23.4. The molecule has 1 atom stereocenters. The lowest BCUT2D eigenvalue weighted by Crippen LogP contribution is -2.53. The van der Waals surface area contributed by atoms with Gasteiger partial charge < -0.3 is 5.32 Å². The number of rotatable bonds is 6. The third kappa shape index (κ3) is 5.28. The predicted molar refractivity (Wildman–Crippen MR) is 132 cm³/mol. The summed E-state index contributed by atoms with van der Waals surface area (Å²) in [5.41, 5.74) is 2.74. The number of nitrogens with zero attached hydrogens (tertiary/aromatic N) is 2. The van der Waals surface area contributed by atoms with Crippen molar-refractivity contribution in [2.45, 2.75) is 17.9 Å². The molecule has 172 valence electrons. The second kappa shape index (κ2) is 10.1. The van der Waals surface area contributed by atoms with E-state index in [0.29, 0.717) is 31.2 Å². The number of halogens is 1. The van der Waals surface area contributed by atoms with E-state index >= 15 is 0 Å². The van der Waals surface area contributed by atoms with Crippen LogP contribution in [0.3, 0.4) is 0 Å². The maximum absolute atomic E-state index is 13.0. The molecule has 4 rings (SSSR count). The van der Waals surface area contributed by atoms with Gasteiger partial charge in [-0.2, -0.15) is 4.31 Å². The number of para-hydroxylation sites is 1. The molecule has 1 amide bonds. The van der Waals surface area contributed by atoms with Gasteiger partial charge in [0.05, 0.1) is 10.9 Å². The van der Waals surface area contributed by atoms with Gasteiger partial charge in [-0.15, -0.1) is 0 Å². The summed E-state index contributed by atoms with van der Waals surface area (Å²) < 4.78 is 27.3. The van der Waals surface area contributed by atoms with Crippen LogP contribution in [0.25, 0.3) is 11.1 Å². The molecule has 1 heterocycles. The highest BCUT2D eigenvalue weighted by Crippen LogP contribution is 2.28. The third-order valence-electron chi connectivity index (χ3n) is 5.90. The monoisotopic (exact) mass is 483 g/mol. The Morgan fingerprint density at radius 3 is 2.27 bits per heavy atom. The smallest absolute Gasteiger partial charge is 0.243 e. The largest absolute Gasteiger partial charge is 0.324 e. The summed E-state index contributed by atoms with van der Waals surface area (Å²) in [6.07, 6.45) is 0. The first-order chi connectivity index (χ1) is 15.9. The Balaban J connectivity index is 1.41. The van der Waals surface area contributed by atoms with Gasteiger partial charge in [-0.1, -0.05) is 66.2 Å². The van der Waals surface area contributed by atoms with Gasteiger partial charge in [-0.05, 0) is 36.8 Å². The molecule has 1 saturated heterocycles. The van der Waals surface area contributed by atoms with E-state index in [2.05, 4.69) is 5.32 Å². The molecule has 0 spiro atoms. The second-order valence-corrected chi connectivity index (χ2v) is 10.3. The molecule has 3 aromatic rings. The molecule has 1 aliphatic heterocycles. The molecular weight excluding hydrogens is 458 g/mol. The summed E-state index contributed by atoms with van der Waals surface area (Å²) in [4.78, 5) is 15.2. The Morgan fingerprint density at radius 1 is 0.909 bits per heavy atom. The zero-order valence-electron chi connectivity index (χ0n) is 18.3. The molecule has 3 aromatic carbocycles. The number of carbonyl (C=O) groups is 1. The minimum atomic E-state index is -3.62. The molecule has 1 N–H and O–H groups in total. The van der Waals surface area contributed by atoms with Crippen LogP contribution in [0.5, 0.6) is 0 Å². The fraction of sp³-hybridized carbons (Fsp3) is 0.240. The van der Waals surface area contributed by atoms with Crippen molar-refractivity contribution < 1.29 is 13.2 Å². The van der Waals surface area contributed by atoms with E-state index in [1.54, 1.807) is 18.2 Å². The lowest BCUT2D eigenvalue weighted by atomic mass is 10.0. The van der Waals surface area contributed by atoms with Crippen LogP contribution in [-0.4, -0.2) is 55.8 Å². The van der Waals surface area contributed by atoms with Crippen LogP contribution >= 0.6 is 11.6 Å². The van der Waals surface area contributed by atoms with Gasteiger partial charge in [0.1, 0.15) is 0 Å². The summed E-state index contributed by atoms with van der Waals surface area (Å²) in [6.45, 7) is 3.41. The van der Waals surface area contributed by atoms with Crippen molar-refractivity contribution >= 4 is 33.2 Å². The number of piperazine rings is 1. The Hall–Kier alpha value is -2.71. The topological polar surface area (TPSA) is 69.7 Å². The number of sulfonamides is 1. The fourth-order valence-corrected chi connectivity index (χ4v) is 5.70. The van der Waals surface area contributed by atoms with Gasteiger partial charge in [0.25, 0.3) is 0 Å². The van der Waals surface area contributed by atoms with Crippen LogP contribution in [0.15, 0.2) is 83.8 Å². The first-order valence-electron chi connectivity index (χ1n) is 10.8. The van der Waals surface area contributed by atoms with Crippen LogP contribution in [0.2, 0.25) is 5.02 Å². The minimum absolute atomic E-state index is 0.121. The van der Waals surface area contributed by atoms with Crippen molar-refractivity contribution in [3.8, 4) is 11.1 Å². The molecule has 6 nitrogen and oxygen atoms in total. The molecular formula is C25H26ClN3O3S. The molecule has 33 heavy (non-hydrogen) atoms. The predicted octanol–water partition coefficient (Wildman–Crippen LogP) is 4.34. The van der Waals surface area contributed by atoms with Gasteiger partial charge >= 0.3 is 0 Å². The zero-order valence-corrected chi connectivity index (χ0v) is 19.9. The van der Waals surface area contributed by atoms with Gasteiger partial charge in [-0.25, -0.2) is 8.42 Å². The number of amides is 1. The lowest BCUT2D eigenvalue weighted by Gasteiger charge is -2.36. The summed E-state index contributed by atoms with van der Waals surface area (Å²) in [7, 11) is -3.62. The number of nitrogens with one attached hydrogen (secondary N) is 1. The molecule has 0 unspecified atom stereocenters. The van der Waals surface area contributed by atoms with Gasteiger partial charge in [0.2, 0.25) is 15.9 Å². The van der Waals surface area contributed by atoms with E-state index in [9.17, 15) is 13.2 Å². The quantitative estimate of drug-likeness (QED) is 0.566. The van der Waals surface area contributed by atoms with Gasteiger partial charge in [0.15, 0.2) is 0 Å². The molecule has 0 radical (unpaired) electrons. The summed E-state index contributed by atoms with van der Waals surface area (Å²) in [6, 6.07) is 23.5. The molecule has 0 aliphatic carbocycles. The van der Waals surface area contributed by atoms with Gasteiger partial charge in [-0.3, -0.25) is 9.69 Å². The van der Waals surface area contributed by atoms with Crippen molar-refractivity contribution in [1.29, 1.82) is 0 Å². The number of carbonyl (C=O) groups excluding carboxylic acids is 1. The van der Waals surface area contributed by atoms with E-state index in [1.165, 1.54) is 10.4 Å². The number of hydrogen-bond donors (Lipinski definition) is 1. The summed E-state index contributed by atoms with van der Waals surface area (Å²) in [5, 5.41) is 3.44. The van der Waals surface area contributed by atoms with E-state index < -0.39 is 16.1 Å². The SMILES string of the molecule is C[C@H](C(=O)Nc1ccccc1-c1ccccc1)N1CCN(S(=O)(=O)c2cccc(Cl)c2)CC1. The fourth-order valence-electron chi connectivity index (χ4n) is 3.97. The van der Waals surface area contributed by atoms with E-state index in [4.69, 9.17) is 11.6 Å². The normalized spacial score (nSPS) is 16.3. The molecule has 1 fully saturated rings. The molecule has 0 saturated carbocycles. The highest BCUT2D eigenvalue weighted by Gasteiger charge is 2.32. The van der Waals surface area contributed by atoms with Crippen molar-refractivity contribution in [1.82, 2.24) is 9.21 Å². The Bertz CT molecular complexity index is 1230. The number of benzene rings is 3. The molecule has 0 aromatic heterocycles. The summed E-state index contributed by atoms with van der Waals surface area (Å²) in [5.74, 6) is -0.121. The first kappa shape index (κ1) is 23.4. The van der Waals surface area contributed by atoms with Crippen LogP contribution < -0.4 is 5.32 Å². The van der Waals surface area contributed by atoms with E-state index in [-0.39, 0.29) is 10.8 Å². The van der Waals surface area contributed by atoms with Crippen molar-refractivity contribution in [2.75, 3.05) is 31.5 Å². The average molecular weight is 484 g/mol. The first-order valence-corrected chi connectivity index (χ1v) is 12.6.